The molecule has 2 aliphatic rings. The Morgan fingerprint density at radius 2 is 1.57 bits per heavy atom. The van der Waals surface area contributed by atoms with Crippen molar-refractivity contribution in [3.8, 4) is 6.07 Å². The molecule has 3 heterocycles. The van der Waals surface area contributed by atoms with E-state index in [0.29, 0.717) is 17.8 Å². The number of hydrogen-bond acceptors (Lipinski definition) is 11. The van der Waals surface area contributed by atoms with Crippen LogP contribution in [-0.2, 0) is 52.9 Å². The number of hydrogen-bond donors (Lipinski definition) is 4. The van der Waals surface area contributed by atoms with Crippen LogP contribution in [0.15, 0.2) is 42.6 Å². The van der Waals surface area contributed by atoms with Gasteiger partial charge in [0.15, 0.2) is 0 Å². The van der Waals surface area contributed by atoms with Gasteiger partial charge in [0, 0.05) is 12.8 Å². The minimum Gasteiger partial charge on any atom is -0.397 e. The number of ether oxygens (including phenoxy) is 3. The van der Waals surface area contributed by atoms with Gasteiger partial charge in [0.25, 0.3) is 0 Å². The number of aliphatic hydroxyl groups is 2. The summed E-state index contributed by atoms with van der Waals surface area (Å²) in [4.78, 5) is 10.7. The first kappa shape index (κ1) is 46.2. The number of nitrogens with two attached hydrogens (primary N) is 1. The normalized spacial score (nSPS) is 21.9. The van der Waals surface area contributed by atoms with Gasteiger partial charge in [-0.3, -0.25) is 9.05 Å². The van der Waals surface area contributed by atoms with Gasteiger partial charge in [-0.25, -0.2) is 9.08 Å². The average molecular weight is 827 g/mol. The van der Waals surface area contributed by atoms with Crippen LogP contribution < -0.4 is 5.73 Å². The van der Waals surface area contributed by atoms with Crippen molar-refractivity contribution in [3.63, 3.8) is 0 Å². The third-order valence-corrected chi connectivity index (χ3v) is 12.5. The molecule has 3 aromatic rings. The first-order valence-corrected chi connectivity index (χ1v) is 23.3. The predicted molar refractivity (Wildman–Crippen MR) is 223 cm³/mol. The van der Waals surface area contributed by atoms with E-state index in [-0.39, 0.29) is 25.5 Å². The lowest BCUT2D eigenvalue weighted by Crippen LogP contribution is -2.41. The SMILES string of the molecule is CCCCCCCCCCCCCCCCCCOC[C@H](COP(=O)(O)OC[C@H]1O[C@@](C#N)(c2ccc3c(N)ccnn23)[C@H](O)[C@@H]1O)OCc1ccc2c(c1)CCC2. The largest absolute Gasteiger partial charge is 0.472 e. The van der Waals surface area contributed by atoms with Crippen molar-refractivity contribution in [2.75, 3.05) is 32.2 Å². The summed E-state index contributed by atoms with van der Waals surface area (Å²) in [6.07, 6.45) is 20.0. The zero-order valence-corrected chi connectivity index (χ0v) is 35.4. The number of aromatic nitrogens is 2. The number of phosphoric acid groups is 1. The molecule has 6 atom stereocenters. The maximum absolute atomic E-state index is 13.1. The first-order valence-electron chi connectivity index (χ1n) is 21.8. The Kier molecular flexibility index (Phi) is 18.9. The van der Waals surface area contributed by atoms with Crippen LogP contribution in [0.1, 0.15) is 138 Å². The fraction of sp³-hybridized carbons (Fsp3) is 0.682. The summed E-state index contributed by atoms with van der Waals surface area (Å²) < 4.78 is 43.1. The molecule has 0 saturated carbocycles. The molecule has 0 spiro atoms. The third kappa shape index (κ3) is 13.3. The zero-order valence-electron chi connectivity index (χ0n) is 34.5. The number of rotatable bonds is 29. The van der Waals surface area contributed by atoms with E-state index in [2.05, 4.69) is 24.2 Å². The second-order valence-corrected chi connectivity index (χ2v) is 17.5. The molecule has 13 nitrogen and oxygen atoms in total. The number of anilines is 1. The molecule has 2 aromatic heterocycles. The number of nitrogens with zero attached hydrogens (tertiary/aromatic N) is 3. The smallest absolute Gasteiger partial charge is 0.397 e. The number of aliphatic hydroxyl groups excluding tert-OH is 2. The minimum absolute atomic E-state index is 0.137. The molecular formula is C44H67N4O9P. The van der Waals surface area contributed by atoms with Gasteiger partial charge in [-0.05, 0) is 60.6 Å². The highest BCUT2D eigenvalue weighted by Gasteiger charge is 2.58. The Labute approximate surface area is 344 Å². The molecule has 1 aliphatic carbocycles. The van der Waals surface area contributed by atoms with Crippen LogP contribution in [0.5, 0.6) is 0 Å². The van der Waals surface area contributed by atoms with Crippen LogP contribution >= 0.6 is 7.82 Å². The Hall–Kier alpha value is -2.89. The fourth-order valence-electron chi connectivity index (χ4n) is 8.06. The van der Waals surface area contributed by atoms with Crippen LogP contribution in [0.25, 0.3) is 5.52 Å². The van der Waals surface area contributed by atoms with Gasteiger partial charge in [-0.1, -0.05) is 121 Å². The fourth-order valence-corrected chi connectivity index (χ4v) is 8.82. The lowest BCUT2D eigenvalue weighted by molar-refractivity contribution is -0.0690. The van der Waals surface area contributed by atoms with Crippen molar-refractivity contribution in [1.82, 2.24) is 9.61 Å². The summed E-state index contributed by atoms with van der Waals surface area (Å²) in [5.74, 6) is 0. The molecule has 0 radical (unpaired) electrons. The molecule has 5 rings (SSSR count). The van der Waals surface area contributed by atoms with E-state index < -0.39 is 44.4 Å². The zero-order chi connectivity index (χ0) is 41.2. The number of aryl methyl sites for hydroxylation is 2. The number of nitrogen functional groups attached to an aromatic ring is 1. The number of phosphoric ester groups is 1. The van der Waals surface area contributed by atoms with E-state index in [1.165, 1.54) is 118 Å². The van der Waals surface area contributed by atoms with Crippen LogP contribution in [0, 0.1) is 11.3 Å². The van der Waals surface area contributed by atoms with Crippen molar-refractivity contribution < 1.29 is 42.9 Å². The van der Waals surface area contributed by atoms with E-state index in [4.69, 9.17) is 29.0 Å². The van der Waals surface area contributed by atoms with Gasteiger partial charge in [0.2, 0.25) is 5.60 Å². The Balaban J connectivity index is 1.03. The highest BCUT2D eigenvalue weighted by molar-refractivity contribution is 7.47. The molecular weight excluding hydrogens is 759 g/mol. The van der Waals surface area contributed by atoms with Crippen LogP contribution in [0.4, 0.5) is 5.69 Å². The Morgan fingerprint density at radius 1 is 0.914 bits per heavy atom. The molecule has 5 N–H and O–H groups in total. The summed E-state index contributed by atoms with van der Waals surface area (Å²) in [6.45, 7) is 2.32. The molecule has 14 heteroatoms. The van der Waals surface area contributed by atoms with Crippen molar-refractivity contribution >= 4 is 19.0 Å². The highest BCUT2D eigenvalue weighted by Crippen LogP contribution is 2.46. The maximum atomic E-state index is 13.1. The lowest BCUT2D eigenvalue weighted by Gasteiger charge is -2.24. The molecule has 58 heavy (non-hydrogen) atoms. The summed E-state index contributed by atoms with van der Waals surface area (Å²) >= 11 is 0. The van der Waals surface area contributed by atoms with Crippen LogP contribution in [0.2, 0.25) is 0 Å². The standard InChI is InChI=1S/C44H67N4O9P/c1-2-3-4-5-6-7-8-9-10-11-12-13-14-15-16-17-27-53-30-37(54-29-34-21-22-35-19-18-20-36(35)28-34)31-55-58(51,52)56-32-40-42(49)43(50)44(33-45,57-40)41-24-23-39-38(46)25-26-47-48(39)41/h21-26,28,37,40,42-43,49-50H,2-20,27,29-32,46H2,1H3,(H,51,52)/t37-,40-,42-,43-,44+/m1/s1. The van der Waals surface area contributed by atoms with Gasteiger partial charge in [-0.2, -0.15) is 10.4 Å². The van der Waals surface area contributed by atoms with E-state index in [1.807, 2.05) is 12.1 Å². The van der Waals surface area contributed by atoms with Crippen molar-refractivity contribution in [2.24, 2.45) is 0 Å². The Morgan fingerprint density at radius 3 is 2.24 bits per heavy atom. The third-order valence-electron chi connectivity index (χ3n) is 11.5. The number of fused-ring (bicyclic) bond motifs is 2. The van der Waals surface area contributed by atoms with Crippen molar-refractivity contribution in [1.29, 1.82) is 5.26 Å². The Bertz CT molecular complexity index is 1770. The monoisotopic (exact) mass is 826 g/mol. The topological polar surface area (TPSA) is 191 Å². The molecule has 322 valence electrons. The first-order chi connectivity index (χ1) is 28.2. The molecule has 0 amide bonds. The van der Waals surface area contributed by atoms with E-state index in [0.717, 1.165) is 37.7 Å². The van der Waals surface area contributed by atoms with Gasteiger partial charge in [0.05, 0.1) is 43.3 Å². The quantitative estimate of drug-likeness (QED) is 0.0388. The average Bonchev–Trinajstić information content (AvgIpc) is 3.94. The molecule has 1 unspecified atom stereocenters. The van der Waals surface area contributed by atoms with E-state index in [1.54, 1.807) is 12.1 Å². The minimum atomic E-state index is -4.71. The van der Waals surface area contributed by atoms with Crippen LogP contribution in [0.3, 0.4) is 0 Å². The summed E-state index contributed by atoms with van der Waals surface area (Å²) in [6, 6.07) is 13.0. The number of benzene rings is 1. The van der Waals surface area contributed by atoms with Crippen molar-refractivity contribution in [2.45, 2.75) is 166 Å². The molecule has 1 fully saturated rings. The van der Waals surface area contributed by atoms with Crippen LogP contribution in [-0.4, -0.2) is 75.6 Å². The maximum Gasteiger partial charge on any atom is 0.472 e. The molecule has 1 aliphatic heterocycles. The van der Waals surface area contributed by atoms with E-state index >= 15 is 0 Å². The van der Waals surface area contributed by atoms with Gasteiger partial charge in [0.1, 0.15) is 30.5 Å². The lowest BCUT2D eigenvalue weighted by atomic mass is 9.92. The second-order valence-electron chi connectivity index (χ2n) is 16.1. The summed E-state index contributed by atoms with van der Waals surface area (Å²) in [5, 5.41) is 36.3. The number of nitriles is 1. The molecule has 1 saturated heterocycles. The van der Waals surface area contributed by atoms with Gasteiger partial charge >= 0.3 is 7.82 Å². The van der Waals surface area contributed by atoms with Gasteiger partial charge in [-0.15, -0.1) is 0 Å². The van der Waals surface area contributed by atoms with E-state index in [9.17, 15) is 24.9 Å². The predicted octanol–water partition coefficient (Wildman–Crippen LogP) is 8.24. The van der Waals surface area contributed by atoms with Crippen molar-refractivity contribution in [3.05, 3.63) is 65.0 Å². The molecule has 0 bridgehead atoms. The summed E-state index contributed by atoms with van der Waals surface area (Å²) in [7, 11) is -4.71. The molecule has 1 aromatic carbocycles. The number of unbranched alkanes of at least 4 members (excludes halogenated alkanes) is 15. The second kappa shape index (κ2) is 23.8. The van der Waals surface area contributed by atoms with Gasteiger partial charge < -0.3 is 35.1 Å². The highest BCUT2D eigenvalue weighted by atomic mass is 31.2. The summed E-state index contributed by atoms with van der Waals surface area (Å²) in [5.41, 5.74) is 8.69.